The molecule has 8 aromatic carbocycles. The molecule has 0 saturated carbocycles. The molecule has 7 atom stereocenters. The quantitative estimate of drug-likeness (QED) is 0.0798. The molecule has 5 aliphatic heterocycles. The number of piperidine rings is 2. The van der Waals surface area contributed by atoms with E-state index in [0.717, 1.165) is 97.5 Å². The van der Waals surface area contributed by atoms with Crippen LogP contribution in [0, 0.1) is 5.21 Å². The molecule has 9 heteroatoms. The largest absolute Gasteiger partial charge is 0.622 e. The van der Waals surface area contributed by atoms with Crippen LogP contribution >= 0.6 is 0 Å². The van der Waals surface area contributed by atoms with E-state index in [1.165, 1.54) is 33.8 Å². The van der Waals surface area contributed by atoms with Gasteiger partial charge >= 0.3 is 0 Å². The van der Waals surface area contributed by atoms with Crippen molar-refractivity contribution in [1.82, 2.24) is 25.9 Å². The molecule has 0 amide bonds. The summed E-state index contributed by atoms with van der Waals surface area (Å²) in [5.74, 6) is 0.494. The van der Waals surface area contributed by atoms with Crippen molar-refractivity contribution < 1.29 is 0 Å². The van der Waals surface area contributed by atoms with Gasteiger partial charge in [-0.3, -0.25) is 4.65 Å². The van der Waals surface area contributed by atoms with Gasteiger partial charge in [0.25, 0.3) is 0 Å². The predicted molar refractivity (Wildman–Crippen MR) is 292 cm³/mol. The van der Waals surface area contributed by atoms with Gasteiger partial charge in [0.2, 0.25) is 0 Å². The van der Waals surface area contributed by atoms with Crippen LogP contribution in [0.15, 0.2) is 206 Å². The van der Waals surface area contributed by atoms with Gasteiger partial charge < -0.3 is 41.2 Å². The fourth-order valence-corrected chi connectivity index (χ4v) is 12.8. The summed E-state index contributed by atoms with van der Waals surface area (Å²) in [7, 11) is 0. The minimum atomic E-state index is -0.433. The first-order valence-electron chi connectivity index (χ1n) is 25.7. The highest BCUT2D eigenvalue weighted by Crippen LogP contribution is 2.55. The number of para-hydroxylation sites is 4. The molecule has 0 aliphatic carbocycles. The van der Waals surface area contributed by atoms with E-state index in [1.54, 1.807) is 0 Å². The average Bonchev–Trinajstić information content (AvgIpc) is 3.91. The van der Waals surface area contributed by atoms with Crippen LogP contribution in [-0.4, -0.2) is 51.4 Å². The maximum absolute atomic E-state index is 15.8. The van der Waals surface area contributed by atoms with E-state index in [2.05, 4.69) is 242 Å². The van der Waals surface area contributed by atoms with Crippen molar-refractivity contribution in [3.05, 3.63) is 234 Å². The van der Waals surface area contributed by atoms with Crippen LogP contribution in [0.1, 0.15) is 59.0 Å². The SMILES string of the molecule is [O-][N+]1(c2ccc(C3NCCNC3c3ccc(N4c5ccc(N(c6ccccc6)c6ccccc6)cc5C5CNCCC54)cc3)cc2)c2ccc(N(c3ccccc3)c3ccccc3)cc2C2CNCCC21. The van der Waals surface area contributed by atoms with Crippen LogP contribution < -0.4 is 40.6 Å². The Balaban J connectivity index is 0.784. The van der Waals surface area contributed by atoms with Crippen LogP contribution in [0.25, 0.3) is 0 Å². The molecule has 9 nitrogen and oxygen atoms in total. The van der Waals surface area contributed by atoms with Crippen molar-refractivity contribution >= 4 is 56.9 Å². The Hall–Kier alpha value is -7.08. The molecule has 5 heterocycles. The second kappa shape index (κ2) is 18.6. The first-order chi connectivity index (χ1) is 35.1. The molecular formula is C62H60N8O. The summed E-state index contributed by atoms with van der Waals surface area (Å²) < 4.78 is -0.433. The number of quaternary nitrogens is 1. The van der Waals surface area contributed by atoms with Gasteiger partial charge in [-0.25, -0.2) is 0 Å². The van der Waals surface area contributed by atoms with E-state index in [0.29, 0.717) is 12.0 Å². The Kier molecular flexibility index (Phi) is 11.5. The lowest BCUT2D eigenvalue weighted by atomic mass is 9.89. The zero-order chi connectivity index (χ0) is 47.3. The van der Waals surface area contributed by atoms with Crippen LogP contribution in [-0.2, 0) is 0 Å². The van der Waals surface area contributed by atoms with Crippen molar-refractivity contribution in [2.24, 2.45) is 0 Å². The van der Waals surface area contributed by atoms with Crippen LogP contribution in [0.3, 0.4) is 0 Å². The van der Waals surface area contributed by atoms with Crippen LogP contribution in [0.5, 0.6) is 0 Å². The number of fused-ring (bicyclic) bond motifs is 6. The van der Waals surface area contributed by atoms with Crippen molar-refractivity contribution in [3.8, 4) is 0 Å². The van der Waals surface area contributed by atoms with Crippen molar-refractivity contribution in [2.75, 3.05) is 54.0 Å². The lowest BCUT2D eigenvalue weighted by Gasteiger charge is -2.46. The number of hydroxylamine groups is 1. The third-order valence-electron chi connectivity index (χ3n) is 16.1. The average molecular weight is 933 g/mol. The van der Waals surface area contributed by atoms with Gasteiger partial charge in [0.15, 0.2) is 0 Å². The molecule has 7 unspecified atom stereocenters. The van der Waals surface area contributed by atoms with Crippen molar-refractivity contribution in [2.45, 2.75) is 48.8 Å². The number of rotatable bonds is 10. The summed E-state index contributed by atoms with van der Waals surface area (Å²) in [5.41, 5.74) is 15.9. The van der Waals surface area contributed by atoms with E-state index >= 15 is 5.21 Å². The van der Waals surface area contributed by atoms with Gasteiger partial charge in [-0.2, -0.15) is 0 Å². The molecule has 354 valence electrons. The first kappa shape index (κ1) is 43.9. The molecule has 13 rings (SSSR count). The topological polar surface area (TPSA) is 80.9 Å². The second-order valence-corrected chi connectivity index (χ2v) is 19.9. The van der Waals surface area contributed by atoms with Crippen LogP contribution in [0.4, 0.5) is 56.9 Å². The van der Waals surface area contributed by atoms with E-state index in [-0.39, 0.29) is 24.0 Å². The molecule has 71 heavy (non-hydrogen) atoms. The summed E-state index contributed by atoms with van der Waals surface area (Å²) in [6, 6.07) is 74.4. The van der Waals surface area contributed by atoms with E-state index in [9.17, 15) is 0 Å². The monoisotopic (exact) mass is 932 g/mol. The number of nitrogens with one attached hydrogen (secondary N) is 4. The Morgan fingerprint density at radius 2 is 0.930 bits per heavy atom. The van der Waals surface area contributed by atoms with Crippen LogP contribution in [0.2, 0.25) is 0 Å². The smallest absolute Gasteiger partial charge is 0.142 e. The van der Waals surface area contributed by atoms with Crippen molar-refractivity contribution in [1.29, 1.82) is 0 Å². The van der Waals surface area contributed by atoms with E-state index in [4.69, 9.17) is 0 Å². The lowest BCUT2D eigenvalue weighted by molar-refractivity contribution is 0.291. The number of hydrogen-bond donors (Lipinski definition) is 4. The van der Waals surface area contributed by atoms with E-state index < -0.39 is 4.65 Å². The third kappa shape index (κ3) is 7.72. The minimum Gasteiger partial charge on any atom is -0.622 e. The molecule has 4 N–H and O–H groups in total. The third-order valence-corrected chi connectivity index (χ3v) is 16.1. The number of anilines is 8. The van der Waals surface area contributed by atoms with Crippen molar-refractivity contribution in [3.63, 3.8) is 0 Å². The Morgan fingerprint density at radius 3 is 1.48 bits per heavy atom. The zero-order valence-electron chi connectivity index (χ0n) is 39.9. The number of nitrogens with zero attached hydrogens (tertiary/aromatic N) is 4. The predicted octanol–water partition coefficient (Wildman–Crippen LogP) is 12.8. The maximum Gasteiger partial charge on any atom is 0.142 e. The van der Waals surface area contributed by atoms with Gasteiger partial charge in [0.05, 0.1) is 18.0 Å². The normalized spacial score (nSPS) is 24.3. The van der Waals surface area contributed by atoms with Gasteiger partial charge in [0, 0.05) is 120 Å². The molecule has 3 saturated heterocycles. The Labute approximate surface area is 417 Å². The first-order valence-corrected chi connectivity index (χ1v) is 25.7. The molecule has 0 bridgehead atoms. The highest BCUT2D eigenvalue weighted by Gasteiger charge is 2.50. The number of hydrogen-bond acceptors (Lipinski definition) is 8. The molecule has 0 radical (unpaired) electrons. The minimum absolute atomic E-state index is 0.0441. The summed E-state index contributed by atoms with van der Waals surface area (Å²) in [5, 5.41) is 30.9. The number of piperazine rings is 1. The van der Waals surface area contributed by atoms with Gasteiger partial charge in [-0.1, -0.05) is 97.1 Å². The molecule has 0 spiro atoms. The highest BCUT2D eigenvalue weighted by atomic mass is 16.6. The van der Waals surface area contributed by atoms with Gasteiger partial charge in [-0.15, -0.1) is 0 Å². The zero-order valence-corrected chi connectivity index (χ0v) is 39.9. The molecule has 8 aromatic rings. The second-order valence-electron chi connectivity index (χ2n) is 19.9. The van der Waals surface area contributed by atoms with Gasteiger partial charge in [-0.05, 0) is 121 Å². The molecular weight excluding hydrogens is 873 g/mol. The fourth-order valence-electron chi connectivity index (χ4n) is 12.8. The molecule has 5 aliphatic rings. The highest BCUT2D eigenvalue weighted by molar-refractivity contribution is 5.83. The Bertz CT molecular complexity index is 3040. The summed E-state index contributed by atoms with van der Waals surface area (Å²) in [6.07, 6.45) is 1.90. The standard InChI is InChI=1S/C62H60N8O/c71-70(59-32-28-51(40-54(59)56-42-64-36-34-60(56)70)68(47-17-9-3-10-18-47)48-19-11-4-12-20-48)52-29-23-44(24-30-52)62-61(65-37-38-66-62)43-21-25-49(26-22-43)69-57-31-27-50(39-53(57)55-41-63-35-33-58(55)69)67(45-13-5-1-6-14-45)46-15-7-2-8-16-46/h1-32,39-40,55-56,58,60-66H,33-38,41-42H2. The number of benzene rings is 8. The Morgan fingerprint density at radius 1 is 0.451 bits per heavy atom. The summed E-state index contributed by atoms with van der Waals surface area (Å²) >= 11 is 0. The maximum atomic E-state index is 15.8. The lowest BCUT2D eigenvalue weighted by Crippen LogP contribution is -2.51. The summed E-state index contributed by atoms with van der Waals surface area (Å²) in [6.45, 7) is 5.35. The summed E-state index contributed by atoms with van der Waals surface area (Å²) in [4.78, 5) is 7.28. The van der Waals surface area contributed by atoms with E-state index in [1.807, 2.05) is 0 Å². The molecule has 0 aromatic heterocycles. The van der Waals surface area contributed by atoms with Gasteiger partial charge in [0.1, 0.15) is 17.4 Å². The molecule has 3 fully saturated rings. The fraction of sp³-hybridized carbons (Fsp3) is 0.226.